The Morgan fingerprint density at radius 1 is 0.909 bits per heavy atom. The Morgan fingerprint density at radius 2 is 1.50 bits per heavy atom. The summed E-state index contributed by atoms with van der Waals surface area (Å²) in [5, 5.41) is 3.32. The molecule has 118 valence electrons. The van der Waals surface area contributed by atoms with Crippen molar-refractivity contribution in [3.8, 4) is 0 Å². The average molecular weight is 319 g/mol. The van der Waals surface area contributed by atoms with Crippen LogP contribution >= 0.6 is 0 Å². The molecule has 2 N–H and O–H groups in total. The second-order valence-electron chi connectivity index (χ2n) is 5.13. The monoisotopic (exact) mass is 319 g/mol. The van der Waals surface area contributed by atoms with Crippen molar-refractivity contribution in [2.45, 2.75) is 6.42 Å². The van der Waals surface area contributed by atoms with E-state index in [0.717, 1.165) is 23.0 Å². The van der Waals surface area contributed by atoms with E-state index in [0.29, 0.717) is 5.69 Å². The van der Waals surface area contributed by atoms with Crippen molar-refractivity contribution in [3.63, 3.8) is 0 Å². The van der Waals surface area contributed by atoms with Crippen LogP contribution in [0.5, 0.6) is 0 Å². The zero-order valence-corrected chi connectivity index (χ0v) is 13.6. The molecule has 0 aliphatic carbocycles. The van der Waals surface area contributed by atoms with Crippen LogP contribution in [0.25, 0.3) is 0 Å². The van der Waals surface area contributed by atoms with E-state index < -0.39 is 10.2 Å². The maximum Gasteiger partial charge on any atom is 0.301 e. The van der Waals surface area contributed by atoms with Crippen molar-refractivity contribution in [3.05, 3.63) is 60.2 Å². The largest absolute Gasteiger partial charge is 0.385 e. The number of hydrogen-bond acceptors (Lipinski definition) is 3. The summed E-state index contributed by atoms with van der Waals surface area (Å²) >= 11 is 0. The van der Waals surface area contributed by atoms with E-state index in [1.54, 1.807) is 12.1 Å². The van der Waals surface area contributed by atoms with Crippen LogP contribution in [0, 0.1) is 0 Å². The van der Waals surface area contributed by atoms with Crippen LogP contribution in [0.2, 0.25) is 0 Å². The molecule has 0 amide bonds. The molecule has 2 rings (SSSR count). The van der Waals surface area contributed by atoms with Crippen molar-refractivity contribution >= 4 is 21.6 Å². The van der Waals surface area contributed by atoms with Crippen molar-refractivity contribution in [2.75, 3.05) is 30.7 Å². The number of anilines is 2. The molecule has 0 fully saturated rings. The molecule has 2 aromatic carbocycles. The highest BCUT2D eigenvalue weighted by Gasteiger charge is 2.12. The fourth-order valence-electron chi connectivity index (χ4n) is 1.89. The number of benzene rings is 2. The highest BCUT2D eigenvalue weighted by atomic mass is 32.2. The molecule has 2 aromatic rings. The molecule has 22 heavy (non-hydrogen) atoms. The van der Waals surface area contributed by atoms with Gasteiger partial charge in [0.1, 0.15) is 0 Å². The van der Waals surface area contributed by atoms with E-state index in [4.69, 9.17) is 0 Å². The Labute approximate surface area is 132 Å². The molecule has 0 saturated heterocycles. The molecule has 0 bridgehead atoms. The van der Waals surface area contributed by atoms with E-state index in [-0.39, 0.29) is 0 Å². The van der Waals surface area contributed by atoms with Gasteiger partial charge in [0.2, 0.25) is 0 Å². The third-order valence-electron chi connectivity index (χ3n) is 3.20. The van der Waals surface area contributed by atoms with Gasteiger partial charge in [0.25, 0.3) is 0 Å². The summed E-state index contributed by atoms with van der Waals surface area (Å²) in [6.45, 7) is 0.826. The second-order valence-corrected chi connectivity index (χ2v) is 7.01. The first-order chi connectivity index (χ1) is 10.5. The van der Waals surface area contributed by atoms with E-state index in [1.165, 1.54) is 19.7 Å². The predicted molar refractivity (Wildman–Crippen MR) is 91.3 cm³/mol. The quantitative estimate of drug-likeness (QED) is 0.824. The van der Waals surface area contributed by atoms with E-state index in [2.05, 4.69) is 22.2 Å². The Morgan fingerprint density at radius 3 is 2.09 bits per heavy atom. The lowest BCUT2D eigenvalue weighted by Gasteiger charge is -2.14. The van der Waals surface area contributed by atoms with E-state index >= 15 is 0 Å². The Hall–Kier alpha value is -2.05. The number of nitrogens with zero attached hydrogens (tertiary/aromatic N) is 1. The predicted octanol–water partition coefficient (Wildman–Crippen LogP) is 2.56. The number of rotatable bonds is 7. The maximum absolute atomic E-state index is 11.7. The Kier molecular flexibility index (Phi) is 5.41. The fourth-order valence-corrected chi connectivity index (χ4v) is 2.51. The minimum absolute atomic E-state index is 0.544. The maximum atomic E-state index is 11.7. The number of hydrogen-bond donors (Lipinski definition) is 2. The minimum atomic E-state index is -3.45. The SMILES string of the molecule is CN(C)S(=O)(=O)Nc1ccc(NCCc2ccccc2)cc1. The zero-order valence-electron chi connectivity index (χ0n) is 12.8. The van der Waals surface area contributed by atoms with Crippen LogP contribution in [0.3, 0.4) is 0 Å². The van der Waals surface area contributed by atoms with Crippen molar-refractivity contribution in [1.29, 1.82) is 0 Å². The Balaban J connectivity index is 1.87. The molecule has 0 radical (unpaired) electrons. The lowest BCUT2D eigenvalue weighted by molar-refractivity contribution is 0.527. The topological polar surface area (TPSA) is 61.4 Å². The van der Waals surface area contributed by atoms with Gasteiger partial charge in [-0.25, -0.2) is 0 Å². The molecule has 0 heterocycles. The molecule has 6 heteroatoms. The van der Waals surface area contributed by atoms with Crippen LogP contribution in [0.4, 0.5) is 11.4 Å². The summed E-state index contributed by atoms with van der Waals surface area (Å²) < 4.78 is 27.1. The van der Waals surface area contributed by atoms with Gasteiger partial charge >= 0.3 is 10.2 Å². The van der Waals surface area contributed by atoms with E-state index in [1.807, 2.05) is 30.3 Å². The van der Waals surface area contributed by atoms with Gasteiger partial charge in [-0.1, -0.05) is 30.3 Å². The van der Waals surface area contributed by atoms with Crippen LogP contribution in [0.15, 0.2) is 54.6 Å². The van der Waals surface area contributed by atoms with Crippen LogP contribution in [-0.2, 0) is 16.6 Å². The molecule has 0 aliphatic heterocycles. The summed E-state index contributed by atoms with van der Waals surface area (Å²) in [4.78, 5) is 0. The van der Waals surface area contributed by atoms with Gasteiger partial charge in [0.05, 0.1) is 0 Å². The van der Waals surface area contributed by atoms with Gasteiger partial charge in [-0.2, -0.15) is 12.7 Å². The third kappa shape index (κ3) is 4.75. The summed E-state index contributed by atoms with van der Waals surface area (Å²) in [6.07, 6.45) is 0.940. The highest BCUT2D eigenvalue weighted by molar-refractivity contribution is 7.90. The first kappa shape index (κ1) is 16.3. The van der Waals surface area contributed by atoms with Crippen LogP contribution < -0.4 is 10.0 Å². The molecule has 0 saturated carbocycles. The normalized spacial score (nSPS) is 11.4. The molecule has 0 spiro atoms. The molecule has 5 nitrogen and oxygen atoms in total. The van der Waals surface area contributed by atoms with Crippen LogP contribution in [-0.4, -0.2) is 33.4 Å². The lowest BCUT2D eigenvalue weighted by atomic mass is 10.1. The highest BCUT2D eigenvalue weighted by Crippen LogP contribution is 2.15. The summed E-state index contributed by atoms with van der Waals surface area (Å²) in [5.41, 5.74) is 2.79. The molecule has 0 aliphatic rings. The fraction of sp³-hybridized carbons (Fsp3) is 0.250. The Bertz CT molecular complexity index is 683. The molecule has 0 unspecified atom stereocenters. The van der Waals surface area contributed by atoms with Crippen molar-refractivity contribution < 1.29 is 8.42 Å². The standard InChI is InChI=1S/C16H21N3O2S/c1-19(2)22(20,21)18-16-10-8-15(9-11-16)17-13-12-14-6-4-3-5-7-14/h3-11,17-18H,12-13H2,1-2H3. The summed E-state index contributed by atoms with van der Waals surface area (Å²) in [7, 11) is -0.478. The number of nitrogens with one attached hydrogen (secondary N) is 2. The van der Waals surface area contributed by atoms with Crippen molar-refractivity contribution in [1.82, 2.24) is 4.31 Å². The van der Waals surface area contributed by atoms with E-state index in [9.17, 15) is 8.42 Å². The van der Waals surface area contributed by atoms with Gasteiger partial charge in [-0.3, -0.25) is 4.72 Å². The second kappa shape index (κ2) is 7.29. The smallest absolute Gasteiger partial charge is 0.301 e. The van der Waals surface area contributed by atoms with Gasteiger partial charge in [0, 0.05) is 32.0 Å². The molecule has 0 atom stereocenters. The summed E-state index contributed by atoms with van der Waals surface area (Å²) in [5.74, 6) is 0. The third-order valence-corrected chi connectivity index (χ3v) is 4.65. The van der Waals surface area contributed by atoms with Crippen molar-refractivity contribution in [2.24, 2.45) is 0 Å². The average Bonchev–Trinajstić information content (AvgIpc) is 2.50. The first-order valence-electron chi connectivity index (χ1n) is 7.05. The minimum Gasteiger partial charge on any atom is -0.385 e. The van der Waals surface area contributed by atoms with Gasteiger partial charge < -0.3 is 5.32 Å². The van der Waals surface area contributed by atoms with Gasteiger partial charge in [-0.05, 0) is 36.2 Å². The zero-order chi connectivity index (χ0) is 16.0. The lowest BCUT2D eigenvalue weighted by Crippen LogP contribution is -2.28. The summed E-state index contributed by atoms with van der Waals surface area (Å²) in [6, 6.07) is 17.5. The van der Waals surface area contributed by atoms with Crippen LogP contribution in [0.1, 0.15) is 5.56 Å². The first-order valence-corrected chi connectivity index (χ1v) is 8.49. The molecular weight excluding hydrogens is 298 g/mol. The molecular formula is C16H21N3O2S. The molecule has 0 aromatic heterocycles. The van der Waals surface area contributed by atoms with Gasteiger partial charge in [0.15, 0.2) is 0 Å². The van der Waals surface area contributed by atoms with Gasteiger partial charge in [-0.15, -0.1) is 0 Å².